The van der Waals surface area contributed by atoms with Crippen LogP contribution in [-0.2, 0) is 11.4 Å². The van der Waals surface area contributed by atoms with E-state index in [1.165, 1.54) is 0 Å². The number of hydrogen-bond donors (Lipinski definition) is 5. The van der Waals surface area contributed by atoms with Gasteiger partial charge in [0, 0.05) is 0 Å². The topological polar surface area (TPSA) is 193 Å². The number of nitrogens with one attached hydrogen (secondary N) is 1. The lowest BCUT2D eigenvalue weighted by Gasteiger charge is -2.07. The van der Waals surface area contributed by atoms with Gasteiger partial charge in [-0.3, -0.25) is 10.1 Å². The number of nitrogens with two attached hydrogens (primary N) is 4. The van der Waals surface area contributed by atoms with Crippen LogP contribution in [0.25, 0.3) is 0 Å². The number of guanidine groups is 2. The van der Waals surface area contributed by atoms with Gasteiger partial charge in [0.25, 0.3) is 11.9 Å². The number of nitrogen functional groups attached to an aromatic ring is 2. The molecule has 1 heterocycles. The summed E-state index contributed by atoms with van der Waals surface area (Å²) >= 11 is 5.71. The lowest BCUT2D eigenvalue weighted by atomic mass is 10.2. The zero-order valence-electron chi connectivity index (χ0n) is 13.4. The van der Waals surface area contributed by atoms with Crippen molar-refractivity contribution < 1.29 is 9.63 Å². The summed E-state index contributed by atoms with van der Waals surface area (Å²) in [6.07, 6.45) is 0. The van der Waals surface area contributed by atoms with Crippen molar-refractivity contribution in [2.45, 2.75) is 6.61 Å². The zero-order chi connectivity index (χ0) is 19.1. The summed E-state index contributed by atoms with van der Waals surface area (Å²) in [5.41, 5.74) is 22.7. The molecule has 0 atom stereocenters. The van der Waals surface area contributed by atoms with Crippen LogP contribution >= 0.6 is 11.6 Å². The molecule has 0 aliphatic heterocycles. The van der Waals surface area contributed by atoms with Crippen LogP contribution in [0.5, 0.6) is 0 Å². The number of benzene rings is 1. The molecule has 0 bridgehead atoms. The highest BCUT2D eigenvalue weighted by Gasteiger charge is 2.16. The molecule has 2 aromatic rings. The number of carbonyl (C=O) groups excluding carboxylic acids is 1. The van der Waals surface area contributed by atoms with Gasteiger partial charge in [-0.15, -0.1) is 0 Å². The molecule has 26 heavy (non-hydrogen) atoms. The average Bonchev–Trinajstić information content (AvgIpc) is 2.58. The van der Waals surface area contributed by atoms with Crippen molar-refractivity contribution in [1.29, 1.82) is 0 Å². The summed E-state index contributed by atoms with van der Waals surface area (Å²) < 4.78 is 0. The van der Waals surface area contributed by atoms with E-state index in [4.69, 9.17) is 39.4 Å². The molecule has 0 aliphatic carbocycles. The Morgan fingerprint density at radius 1 is 1.15 bits per heavy atom. The van der Waals surface area contributed by atoms with Crippen LogP contribution in [0.2, 0.25) is 5.15 Å². The van der Waals surface area contributed by atoms with E-state index in [9.17, 15) is 4.79 Å². The predicted molar refractivity (Wildman–Crippen MR) is 97.8 cm³/mol. The first kappa shape index (κ1) is 18.7. The van der Waals surface area contributed by atoms with E-state index in [1.807, 2.05) is 30.3 Å². The lowest BCUT2D eigenvalue weighted by molar-refractivity contribution is 0.0972. The van der Waals surface area contributed by atoms with Crippen LogP contribution in [0.15, 0.2) is 40.5 Å². The maximum atomic E-state index is 12.1. The van der Waals surface area contributed by atoms with E-state index >= 15 is 0 Å². The van der Waals surface area contributed by atoms with E-state index < -0.39 is 5.91 Å². The van der Waals surface area contributed by atoms with Gasteiger partial charge < -0.3 is 27.8 Å². The number of halogens is 1. The number of hydrogen-bond acceptors (Lipinski definition) is 7. The van der Waals surface area contributed by atoms with Gasteiger partial charge in [-0.05, 0) is 10.7 Å². The van der Waals surface area contributed by atoms with Crippen molar-refractivity contribution in [1.82, 2.24) is 15.3 Å². The molecule has 0 spiro atoms. The van der Waals surface area contributed by atoms with Gasteiger partial charge >= 0.3 is 0 Å². The number of aliphatic imine (C=N–C) groups is 1. The van der Waals surface area contributed by atoms with Crippen molar-refractivity contribution in [3.63, 3.8) is 0 Å². The van der Waals surface area contributed by atoms with Crippen molar-refractivity contribution >= 4 is 41.1 Å². The molecule has 0 radical (unpaired) electrons. The van der Waals surface area contributed by atoms with Crippen molar-refractivity contribution in [2.75, 3.05) is 11.5 Å². The molecule has 1 aromatic carbocycles. The minimum absolute atomic E-state index is 0.103. The second kappa shape index (κ2) is 8.48. The molecule has 11 nitrogen and oxygen atoms in total. The molecule has 12 heteroatoms. The maximum absolute atomic E-state index is 12.1. The van der Waals surface area contributed by atoms with E-state index in [0.29, 0.717) is 0 Å². The summed E-state index contributed by atoms with van der Waals surface area (Å²) in [5, 5.41) is 5.61. The van der Waals surface area contributed by atoms with Crippen LogP contribution < -0.4 is 28.3 Å². The Hall–Kier alpha value is -3.60. The molecule has 2 rings (SSSR count). The van der Waals surface area contributed by atoms with E-state index in [-0.39, 0.29) is 41.0 Å². The number of oxime groups is 1. The minimum Gasteiger partial charge on any atom is -0.388 e. The molecule has 9 N–H and O–H groups in total. The molecule has 0 fully saturated rings. The largest absolute Gasteiger partial charge is 0.388 e. The fourth-order valence-corrected chi connectivity index (χ4v) is 1.83. The highest BCUT2D eigenvalue weighted by Crippen LogP contribution is 2.17. The van der Waals surface area contributed by atoms with Crippen molar-refractivity contribution in [3.05, 3.63) is 46.7 Å². The van der Waals surface area contributed by atoms with Crippen LogP contribution in [0.3, 0.4) is 0 Å². The van der Waals surface area contributed by atoms with Gasteiger partial charge in [0.1, 0.15) is 6.61 Å². The Morgan fingerprint density at radius 3 is 2.54 bits per heavy atom. The van der Waals surface area contributed by atoms with Crippen LogP contribution in [-0.4, -0.2) is 27.8 Å². The van der Waals surface area contributed by atoms with Gasteiger partial charge in [-0.2, -0.15) is 4.99 Å². The normalized spacial score (nSPS) is 11.9. The Morgan fingerprint density at radius 2 is 1.85 bits per heavy atom. The molecule has 0 saturated carbocycles. The number of carbonyl (C=O) groups is 1. The van der Waals surface area contributed by atoms with Gasteiger partial charge in [-0.25, -0.2) is 9.97 Å². The summed E-state index contributed by atoms with van der Waals surface area (Å²) in [7, 11) is 0. The first-order valence-corrected chi connectivity index (χ1v) is 7.48. The third kappa shape index (κ3) is 5.21. The van der Waals surface area contributed by atoms with Crippen LogP contribution in [0.4, 0.5) is 11.6 Å². The molecule has 0 saturated heterocycles. The Labute approximate surface area is 153 Å². The Bertz CT molecular complexity index is 855. The van der Waals surface area contributed by atoms with E-state index in [0.717, 1.165) is 5.56 Å². The zero-order valence-corrected chi connectivity index (χ0v) is 14.1. The second-order valence-corrected chi connectivity index (χ2v) is 5.15. The predicted octanol–water partition coefficient (Wildman–Crippen LogP) is -0.215. The molecule has 1 aromatic heterocycles. The fraction of sp³-hybridized carbons (Fsp3) is 0.0714. The lowest BCUT2D eigenvalue weighted by Crippen LogP contribution is -2.39. The molecule has 0 unspecified atom stereocenters. The third-order valence-electron chi connectivity index (χ3n) is 2.83. The Kier molecular flexibility index (Phi) is 6.11. The number of aromatic nitrogens is 2. The van der Waals surface area contributed by atoms with Gasteiger partial charge in [0.15, 0.2) is 22.5 Å². The van der Waals surface area contributed by atoms with Crippen LogP contribution in [0, 0.1) is 0 Å². The van der Waals surface area contributed by atoms with Gasteiger partial charge in [0.05, 0.1) is 0 Å². The van der Waals surface area contributed by atoms with Crippen molar-refractivity contribution in [3.8, 4) is 0 Å². The molecule has 136 valence electrons. The van der Waals surface area contributed by atoms with E-state index in [1.54, 1.807) is 0 Å². The Balaban J connectivity index is 1.97. The number of anilines is 2. The highest BCUT2D eigenvalue weighted by molar-refractivity contribution is 6.31. The highest BCUT2D eigenvalue weighted by atomic mass is 35.5. The smallest absolute Gasteiger partial charge is 0.280 e. The fourth-order valence-electron chi connectivity index (χ4n) is 1.70. The maximum Gasteiger partial charge on any atom is 0.280 e. The minimum atomic E-state index is -0.795. The number of rotatable bonds is 4. The monoisotopic (exact) mass is 377 g/mol. The third-order valence-corrected chi connectivity index (χ3v) is 3.11. The molecule has 1 amide bonds. The van der Waals surface area contributed by atoms with E-state index in [2.05, 4.69) is 25.4 Å². The average molecular weight is 378 g/mol. The summed E-state index contributed by atoms with van der Waals surface area (Å²) in [4.78, 5) is 28.2. The van der Waals surface area contributed by atoms with Crippen molar-refractivity contribution in [2.24, 2.45) is 21.6 Å². The molecular weight excluding hydrogens is 362 g/mol. The number of amides is 1. The summed E-state index contributed by atoms with van der Waals surface area (Å²) in [5.74, 6) is -1.77. The standard InChI is InChI=1S/C14H16ClN9O2/c15-9-11(17)21-10(16)8(20-9)12(25)22-13(18)23-14(19)24-26-6-7-4-2-1-3-5-7/h1-5H,6H2,(H4,16,17,21)(H5,18,19,22,23,24,25). The van der Waals surface area contributed by atoms with Gasteiger partial charge in [-0.1, -0.05) is 41.9 Å². The molecular formula is C14H16ClN9O2. The first-order chi connectivity index (χ1) is 12.4. The summed E-state index contributed by atoms with van der Waals surface area (Å²) in [6, 6.07) is 9.30. The second-order valence-electron chi connectivity index (χ2n) is 4.79. The van der Waals surface area contributed by atoms with Crippen LogP contribution in [0.1, 0.15) is 16.1 Å². The SMILES string of the molecule is NC(=N\OCc1ccccc1)/N=C(\N)NC(=O)c1nc(Cl)c(N)nc1N. The summed E-state index contributed by atoms with van der Waals surface area (Å²) in [6.45, 7) is 0.194. The molecule has 0 aliphatic rings. The number of nitrogens with zero attached hydrogens (tertiary/aromatic N) is 4. The van der Waals surface area contributed by atoms with Gasteiger partial charge in [0.2, 0.25) is 5.96 Å². The quantitative estimate of drug-likeness (QED) is 0.274. The first-order valence-electron chi connectivity index (χ1n) is 7.10.